The third kappa shape index (κ3) is 9.64. The zero-order chi connectivity index (χ0) is 21.5. The van der Waals surface area contributed by atoms with Crippen molar-refractivity contribution in [1.29, 1.82) is 0 Å². The average molecular weight is 405 g/mol. The minimum atomic E-state index is 0.00166. The Morgan fingerprint density at radius 3 is 1.86 bits per heavy atom. The third-order valence-corrected chi connectivity index (χ3v) is 5.56. The van der Waals surface area contributed by atoms with Crippen LogP contribution in [0.15, 0.2) is 30.3 Å². The molecule has 1 rings (SSSR count). The van der Waals surface area contributed by atoms with Crippen LogP contribution in [0, 0.1) is 0 Å². The van der Waals surface area contributed by atoms with Crippen molar-refractivity contribution in [3.05, 3.63) is 30.3 Å². The van der Waals surface area contributed by atoms with Crippen LogP contribution in [0.1, 0.15) is 60.3 Å². The van der Waals surface area contributed by atoms with E-state index in [1.54, 1.807) is 0 Å². The first-order valence-corrected chi connectivity index (χ1v) is 11.7. The number of amides is 2. The zero-order valence-corrected chi connectivity index (χ0v) is 19.5. The van der Waals surface area contributed by atoms with Crippen molar-refractivity contribution in [3.8, 4) is 0 Å². The number of nitrogens with zero attached hydrogens (tertiary/aromatic N) is 3. The van der Waals surface area contributed by atoms with Gasteiger partial charge >= 0.3 is 6.03 Å². The second kappa shape index (κ2) is 15.3. The van der Waals surface area contributed by atoms with E-state index in [1.807, 2.05) is 35.2 Å². The highest BCUT2D eigenvalue weighted by Gasteiger charge is 2.26. The predicted octanol–water partition coefficient (Wildman–Crippen LogP) is 5.15. The summed E-state index contributed by atoms with van der Waals surface area (Å²) in [7, 11) is 0. The van der Waals surface area contributed by atoms with Crippen LogP contribution in [0.3, 0.4) is 0 Å². The number of urea groups is 1. The van der Waals surface area contributed by atoms with Crippen molar-refractivity contribution < 1.29 is 4.79 Å². The SMILES string of the molecule is CCCCN(CCCC)C[C@H](CN(CC)CC)N(CC)C(=O)Nc1ccccc1. The van der Waals surface area contributed by atoms with Crippen molar-refractivity contribution in [2.24, 2.45) is 0 Å². The van der Waals surface area contributed by atoms with E-state index in [0.29, 0.717) is 6.54 Å². The monoisotopic (exact) mass is 404 g/mol. The lowest BCUT2D eigenvalue weighted by Gasteiger charge is -2.37. The highest BCUT2D eigenvalue weighted by atomic mass is 16.2. The Hall–Kier alpha value is -1.59. The first-order valence-electron chi connectivity index (χ1n) is 11.7. The fourth-order valence-electron chi connectivity index (χ4n) is 3.67. The fraction of sp³-hybridized carbons (Fsp3) is 0.708. The van der Waals surface area contributed by atoms with Gasteiger partial charge in [0.15, 0.2) is 0 Å². The van der Waals surface area contributed by atoms with E-state index in [4.69, 9.17) is 0 Å². The van der Waals surface area contributed by atoms with E-state index in [9.17, 15) is 4.79 Å². The largest absolute Gasteiger partial charge is 0.322 e. The summed E-state index contributed by atoms with van der Waals surface area (Å²) >= 11 is 0. The number of anilines is 1. The van der Waals surface area contributed by atoms with Crippen LogP contribution in [0.4, 0.5) is 10.5 Å². The highest BCUT2D eigenvalue weighted by molar-refractivity contribution is 5.89. The number of para-hydroxylation sites is 1. The standard InChI is InChI=1S/C24H44N4O/c1-6-11-18-27(19-12-7-2)21-23(20-26(8-3)9-4)28(10-5)24(29)25-22-16-14-13-15-17-22/h13-17,23H,6-12,18-21H2,1-5H3,(H,25,29)/t23-/m0/s1. The Bertz CT molecular complexity index is 525. The molecular formula is C24H44N4O. The van der Waals surface area contributed by atoms with Crippen LogP contribution in [-0.2, 0) is 0 Å². The molecule has 2 amide bonds. The van der Waals surface area contributed by atoms with Gasteiger partial charge < -0.3 is 20.0 Å². The molecule has 1 atom stereocenters. The Balaban J connectivity index is 2.96. The van der Waals surface area contributed by atoms with Gasteiger partial charge in [-0.2, -0.15) is 0 Å². The molecule has 1 aromatic rings. The van der Waals surface area contributed by atoms with Gasteiger partial charge in [-0.3, -0.25) is 0 Å². The van der Waals surface area contributed by atoms with Gasteiger partial charge in [0, 0.05) is 25.3 Å². The van der Waals surface area contributed by atoms with Gasteiger partial charge in [0.2, 0.25) is 0 Å². The Labute approximate surface area is 179 Å². The van der Waals surface area contributed by atoms with Crippen LogP contribution >= 0.6 is 0 Å². The lowest BCUT2D eigenvalue weighted by molar-refractivity contribution is 0.124. The summed E-state index contributed by atoms with van der Waals surface area (Å²) in [4.78, 5) is 20.2. The van der Waals surface area contributed by atoms with Gasteiger partial charge in [0.1, 0.15) is 0 Å². The molecule has 5 heteroatoms. The van der Waals surface area contributed by atoms with Crippen molar-refractivity contribution in [1.82, 2.24) is 14.7 Å². The fourth-order valence-corrected chi connectivity index (χ4v) is 3.67. The average Bonchev–Trinajstić information content (AvgIpc) is 2.74. The molecule has 1 N–H and O–H groups in total. The van der Waals surface area contributed by atoms with E-state index < -0.39 is 0 Å². The minimum absolute atomic E-state index is 0.00166. The number of unbranched alkanes of at least 4 members (excludes halogenated alkanes) is 2. The van der Waals surface area contributed by atoms with Gasteiger partial charge in [0.25, 0.3) is 0 Å². The molecule has 0 saturated heterocycles. The number of nitrogens with one attached hydrogen (secondary N) is 1. The molecule has 0 aliphatic rings. The summed E-state index contributed by atoms with van der Waals surface area (Å²) in [6, 6.07) is 9.95. The molecule has 0 bridgehead atoms. The quantitative estimate of drug-likeness (QED) is 0.439. The van der Waals surface area contributed by atoms with E-state index >= 15 is 0 Å². The number of hydrogen-bond donors (Lipinski definition) is 1. The maximum absolute atomic E-state index is 13.1. The van der Waals surface area contributed by atoms with Crippen LogP contribution in [-0.4, -0.2) is 72.6 Å². The number of rotatable bonds is 15. The second-order valence-corrected chi connectivity index (χ2v) is 7.73. The van der Waals surface area contributed by atoms with E-state index in [2.05, 4.69) is 49.7 Å². The molecule has 0 radical (unpaired) electrons. The molecule has 166 valence electrons. The molecule has 0 aliphatic heterocycles. The summed E-state index contributed by atoms with van der Waals surface area (Å²) in [6.45, 7) is 17.8. The molecule has 0 heterocycles. The first kappa shape index (κ1) is 25.4. The topological polar surface area (TPSA) is 38.8 Å². The minimum Gasteiger partial charge on any atom is -0.319 e. The molecule has 0 saturated carbocycles. The molecule has 0 aliphatic carbocycles. The number of likely N-dealkylation sites (N-methyl/N-ethyl adjacent to an activating group) is 2. The summed E-state index contributed by atoms with van der Waals surface area (Å²) in [6.07, 6.45) is 4.83. The Morgan fingerprint density at radius 2 is 1.38 bits per heavy atom. The van der Waals surface area contributed by atoms with Crippen LogP contribution in [0.5, 0.6) is 0 Å². The van der Waals surface area contributed by atoms with Gasteiger partial charge in [-0.15, -0.1) is 0 Å². The molecule has 0 fully saturated rings. The number of carbonyl (C=O) groups excluding carboxylic acids is 1. The number of benzene rings is 1. The summed E-state index contributed by atoms with van der Waals surface area (Å²) in [5, 5.41) is 3.09. The van der Waals surface area contributed by atoms with Crippen LogP contribution in [0.2, 0.25) is 0 Å². The molecular weight excluding hydrogens is 360 g/mol. The lowest BCUT2D eigenvalue weighted by atomic mass is 10.1. The predicted molar refractivity (Wildman–Crippen MR) is 126 cm³/mol. The Kier molecular flexibility index (Phi) is 13.4. The Morgan fingerprint density at radius 1 is 0.828 bits per heavy atom. The van der Waals surface area contributed by atoms with Crippen molar-refractivity contribution in [2.45, 2.75) is 66.3 Å². The number of carbonyl (C=O) groups is 1. The smallest absolute Gasteiger partial charge is 0.319 e. The summed E-state index contributed by atoms with van der Waals surface area (Å²) < 4.78 is 0. The molecule has 29 heavy (non-hydrogen) atoms. The van der Waals surface area contributed by atoms with Gasteiger partial charge in [-0.05, 0) is 58.1 Å². The van der Waals surface area contributed by atoms with E-state index in [1.165, 1.54) is 25.7 Å². The van der Waals surface area contributed by atoms with Crippen LogP contribution < -0.4 is 5.32 Å². The maximum Gasteiger partial charge on any atom is 0.322 e. The maximum atomic E-state index is 13.1. The molecule has 0 spiro atoms. The van der Waals surface area contributed by atoms with Crippen molar-refractivity contribution in [2.75, 3.05) is 51.1 Å². The zero-order valence-electron chi connectivity index (χ0n) is 19.5. The summed E-state index contributed by atoms with van der Waals surface area (Å²) in [5.74, 6) is 0. The molecule has 0 aromatic heterocycles. The van der Waals surface area contributed by atoms with Gasteiger partial charge in [0.05, 0.1) is 6.04 Å². The van der Waals surface area contributed by atoms with Crippen molar-refractivity contribution >= 4 is 11.7 Å². The molecule has 0 unspecified atom stereocenters. The molecule has 1 aromatic carbocycles. The van der Waals surface area contributed by atoms with E-state index in [-0.39, 0.29) is 12.1 Å². The summed E-state index contributed by atoms with van der Waals surface area (Å²) in [5.41, 5.74) is 0.853. The first-order chi connectivity index (χ1) is 14.1. The van der Waals surface area contributed by atoms with Crippen molar-refractivity contribution in [3.63, 3.8) is 0 Å². The van der Waals surface area contributed by atoms with E-state index in [0.717, 1.165) is 45.0 Å². The normalized spacial score (nSPS) is 12.4. The lowest BCUT2D eigenvalue weighted by Crippen LogP contribution is -2.53. The second-order valence-electron chi connectivity index (χ2n) is 7.73. The van der Waals surface area contributed by atoms with Crippen LogP contribution in [0.25, 0.3) is 0 Å². The number of hydrogen-bond acceptors (Lipinski definition) is 3. The molecule has 5 nitrogen and oxygen atoms in total. The van der Waals surface area contributed by atoms with Gasteiger partial charge in [-0.1, -0.05) is 58.7 Å². The van der Waals surface area contributed by atoms with Gasteiger partial charge in [-0.25, -0.2) is 4.79 Å². The third-order valence-electron chi connectivity index (χ3n) is 5.56. The highest BCUT2D eigenvalue weighted by Crippen LogP contribution is 2.12.